The van der Waals surface area contributed by atoms with Crippen molar-refractivity contribution >= 4 is 5.78 Å². The van der Waals surface area contributed by atoms with Crippen LogP contribution >= 0.6 is 0 Å². The molecule has 2 aromatic carbocycles. The van der Waals surface area contributed by atoms with Gasteiger partial charge >= 0.3 is 0 Å². The zero-order chi connectivity index (χ0) is 21.3. The van der Waals surface area contributed by atoms with Gasteiger partial charge in [-0.3, -0.25) is 14.2 Å². The van der Waals surface area contributed by atoms with Gasteiger partial charge < -0.3 is 10.2 Å². The van der Waals surface area contributed by atoms with Crippen LogP contribution in [0.5, 0.6) is 11.8 Å². The second kappa shape index (κ2) is 7.87. The van der Waals surface area contributed by atoms with Crippen LogP contribution in [0.3, 0.4) is 0 Å². The van der Waals surface area contributed by atoms with Crippen molar-refractivity contribution in [2.75, 3.05) is 0 Å². The second-order valence-corrected chi connectivity index (χ2v) is 7.18. The molecule has 152 valence electrons. The number of nitrogens with zero attached hydrogens (tertiary/aromatic N) is 4. The van der Waals surface area contributed by atoms with Crippen LogP contribution in [0.4, 0.5) is 0 Å². The lowest BCUT2D eigenvalue weighted by molar-refractivity contribution is -0.125. The molecule has 2 aromatic heterocycles. The lowest BCUT2D eigenvalue weighted by Gasteiger charge is -2.16. The molecule has 2 unspecified atom stereocenters. The van der Waals surface area contributed by atoms with Gasteiger partial charge in [-0.05, 0) is 25.0 Å². The second-order valence-electron chi connectivity index (χ2n) is 7.18. The molecular weight excluding hydrogens is 380 g/mol. The maximum Gasteiger partial charge on any atom is 0.238 e. The van der Waals surface area contributed by atoms with Gasteiger partial charge in [-0.2, -0.15) is 0 Å². The van der Waals surface area contributed by atoms with Crippen LogP contribution < -0.4 is 0 Å². The number of hydrogen-bond donors (Lipinski definition) is 2. The molecule has 0 saturated heterocycles. The number of carbonyl (C=O) groups excluding carboxylic acids is 1. The minimum absolute atomic E-state index is 0.128. The highest BCUT2D eigenvalue weighted by atomic mass is 16.3. The van der Waals surface area contributed by atoms with E-state index in [1.165, 1.54) is 9.36 Å². The summed E-state index contributed by atoms with van der Waals surface area (Å²) in [5.41, 5.74) is 2.76. The minimum atomic E-state index is -0.630. The summed E-state index contributed by atoms with van der Waals surface area (Å²) in [7, 11) is 0. The molecule has 2 heterocycles. The average Bonchev–Trinajstić information content (AvgIpc) is 3.36. The van der Waals surface area contributed by atoms with E-state index < -0.39 is 12.1 Å². The first kappa shape index (κ1) is 19.4. The maximum absolute atomic E-state index is 13.1. The molecule has 7 heteroatoms. The molecule has 30 heavy (non-hydrogen) atoms. The van der Waals surface area contributed by atoms with Gasteiger partial charge in [0.2, 0.25) is 11.8 Å². The minimum Gasteiger partial charge on any atom is -0.492 e. The van der Waals surface area contributed by atoms with Crippen molar-refractivity contribution < 1.29 is 15.0 Å². The van der Waals surface area contributed by atoms with Crippen LogP contribution in [-0.2, 0) is 4.79 Å². The fraction of sp³-hybridized carbons (Fsp3) is 0.174. The normalized spacial score (nSPS) is 13.1. The van der Waals surface area contributed by atoms with Gasteiger partial charge in [0, 0.05) is 12.4 Å². The predicted molar refractivity (Wildman–Crippen MR) is 113 cm³/mol. The number of Topliss-reactive ketones (excluding diaryl/α,β-unsaturated/α-hetero) is 1. The predicted octanol–water partition coefficient (Wildman–Crippen LogP) is 4.22. The summed E-state index contributed by atoms with van der Waals surface area (Å²) >= 11 is 0. The van der Waals surface area contributed by atoms with Gasteiger partial charge in [0.05, 0.1) is 11.1 Å². The summed E-state index contributed by atoms with van der Waals surface area (Å²) in [5, 5.41) is 28.7. The smallest absolute Gasteiger partial charge is 0.238 e. The Morgan fingerprint density at radius 2 is 1.10 bits per heavy atom. The van der Waals surface area contributed by atoms with E-state index in [2.05, 4.69) is 10.2 Å². The van der Waals surface area contributed by atoms with Crippen molar-refractivity contribution in [1.82, 2.24) is 19.6 Å². The Morgan fingerprint density at radius 1 is 0.733 bits per heavy atom. The Morgan fingerprint density at radius 3 is 1.47 bits per heavy atom. The lowest BCUT2D eigenvalue weighted by Crippen LogP contribution is -2.25. The zero-order valence-electron chi connectivity index (χ0n) is 16.7. The SMILES string of the molecule is CC(C(=O)C(C)n1cc(-c2ccccc2)c(O)n1)n1cc(-c2ccccc2)c(O)n1. The number of ketones is 1. The summed E-state index contributed by atoms with van der Waals surface area (Å²) in [6.07, 6.45) is 3.33. The van der Waals surface area contributed by atoms with Gasteiger partial charge in [0.1, 0.15) is 12.1 Å². The first-order chi connectivity index (χ1) is 14.5. The molecule has 0 aliphatic heterocycles. The number of hydrogen-bond acceptors (Lipinski definition) is 5. The Balaban J connectivity index is 1.58. The summed E-state index contributed by atoms with van der Waals surface area (Å²) < 4.78 is 2.91. The van der Waals surface area contributed by atoms with Crippen LogP contribution in [0.2, 0.25) is 0 Å². The highest BCUT2D eigenvalue weighted by molar-refractivity contribution is 5.86. The highest BCUT2D eigenvalue weighted by Crippen LogP contribution is 2.31. The van der Waals surface area contributed by atoms with Gasteiger partial charge in [0.25, 0.3) is 0 Å². The van der Waals surface area contributed by atoms with E-state index in [4.69, 9.17) is 0 Å². The number of rotatable bonds is 6. The van der Waals surface area contributed by atoms with E-state index in [0.717, 1.165) is 11.1 Å². The molecule has 7 nitrogen and oxygen atoms in total. The van der Waals surface area contributed by atoms with Crippen LogP contribution in [-0.4, -0.2) is 35.6 Å². The molecule has 2 N–H and O–H groups in total. The van der Waals surface area contributed by atoms with Crippen LogP contribution in [0, 0.1) is 0 Å². The van der Waals surface area contributed by atoms with Crippen molar-refractivity contribution in [3.05, 3.63) is 73.1 Å². The number of aromatic nitrogens is 4. The fourth-order valence-electron chi connectivity index (χ4n) is 3.41. The van der Waals surface area contributed by atoms with Crippen molar-refractivity contribution in [3.63, 3.8) is 0 Å². The lowest BCUT2D eigenvalue weighted by atomic mass is 10.1. The van der Waals surface area contributed by atoms with Crippen molar-refractivity contribution in [1.29, 1.82) is 0 Å². The van der Waals surface area contributed by atoms with E-state index in [0.29, 0.717) is 11.1 Å². The van der Waals surface area contributed by atoms with Crippen LogP contribution in [0.25, 0.3) is 22.3 Å². The zero-order valence-corrected chi connectivity index (χ0v) is 16.7. The van der Waals surface area contributed by atoms with Crippen LogP contribution in [0.15, 0.2) is 73.1 Å². The summed E-state index contributed by atoms with van der Waals surface area (Å²) in [6.45, 7) is 3.45. The molecule has 0 spiro atoms. The summed E-state index contributed by atoms with van der Waals surface area (Å²) in [5.74, 6) is -0.410. The summed E-state index contributed by atoms with van der Waals surface area (Å²) in [6, 6.07) is 17.5. The number of carbonyl (C=O) groups is 1. The van der Waals surface area contributed by atoms with E-state index in [9.17, 15) is 15.0 Å². The molecule has 2 atom stereocenters. The van der Waals surface area contributed by atoms with Gasteiger partial charge in [0.15, 0.2) is 5.78 Å². The standard InChI is InChI=1S/C23H22N4O3/c1-15(26-13-19(22(29)24-26)17-9-5-3-6-10-17)21(28)16(2)27-14-20(23(30)25-27)18-11-7-4-8-12-18/h3-16H,1-2H3,(H,24,29)(H,25,30). The van der Waals surface area contributed by atoms with Gasteiger partial charge in [-0.1, -0.05) is 60.7 Å². The number of benzene rings is 2. The Labute approximate surface area is 173 Å². The third-order valence-electron chi connectivity index (χ3n) is 5.21. The largest absolute Gasteiger partial charge is 0.492 e. The van der Waals surface area contributed by atoms with E-state index in [1.54, 1.807) is 26.2 Å². The van der Waals surface area contributed by atoms with Gasteiger partial charge in [-0.15, -0.1) is 10.2 Å². The molecule has 0 aliphatic rings. The third-order valence-corrected chi connectivity index (χ3v) is 5.21. The average molecular weight is 402 g/mol. The Hall–Kier alpha value is -3.87. The molecule has 0 fully saturated rings. The fourth-order valence-corrected chi connectivity index (χ4v) is 3.41. The summed E-state index contributed by atoms with van der Waals surface area (Å²) in [4.78, 5) is 13.1. The molecule has 0 amide bonds. The molecule has 0 saturated carbocycles. The maximum atomic E-state index is 13.1. The molecule has 0 bridgehead atoms. The highest BCUT2D eigenvalue weighted by Gasteiger charge is 2.26. The topological polar surface area (TPSA) is 93.2 Å². The Bertz CT molecular complexity index is 1070. The third kappa shape index (κ3) is 3.57. The van der Waals surface area contributed by atoms with E-state index >= 15 is 0 Å². The molecule has 0 aliphatic carbocycles. The first-order valence-electron chi connectivity index (χ1n) is 9.66. The van der Waals surface area contributed by atoms with Crippen molar-refractivity contribution in [3.8, 4) is 34.0 Å². The quantitative estimate of drug-likeness (QED) is 0.504. The number of aromatic hydroxyl groups is 2. The first-order valence-corrected chi connectivity index (χ1v) is 9.66. The van der Waals surface area contributed by atoms with Crippen molar-refractivity contribution in [2.24, 2.45) is 0 Å². The van der Waals surface area contributed by atoms with E-state index in [-0.39, 0.29) is 17.5 Å². The van der Waals surface area contributed by atoms with Gasteiger partial charge in [-0.25, -0.2) is 0 Å². The Kier molecular flexibility index (Phi) is 5.10. The molecule has 0 radical (unpaired) electrons. The molecule has 4 aromatic rings. The molecule has 4 rings (SSSR count). The van der Waals surface area contributed by atoms with E-state index in [1.807, 2.05) is 60.7 Å². The van der Waals surface area contributed by atoms with Crippen molar-refractivity contribution in [2.45, 2.75) is 25.9 Å². The van der Waals surface area contributed by atoms with Crippen LogP contribution in [0.1, 0.15) is 25.9 Å². The molecular formula is C23H22N4O3. The monoisotopic (exact) mass is 402 g/mol.